The maximum atomic E-state index is 12.6. The van der Waals surface area contributed by atoms with E-state index >= 15 is 0 Å². The van der Waals surface area contributed by atoms with Gasteiger partial charge in [0.1, 0.15) is 11.4 Å². The molecule has 2 N–H and O–H groups in total. The van der Waals surface area contributed by atoms with Crippen LogP contribution >= 0.6 is 0 Å². The number of hydrogen-bond donors (Lipinski definition) is 1. The van der Waals surface area contributed by atoms with Gasteiger partial charge < -0.3 is 10.6 Å². The van der Waals surface area contributed by atoms with Crippen LogP contribution in [0.5, 0.6) is 0 Å². The van der Waals surface area contributed by atoms with E-state index in [1.54, 1.807) is 0 Å². The molecule has 156 valence electrons. The van der Waals surface area contributed by atoms with E-state index < -0.39 is 5.60 Å². The fraction of sp³-hybridized carbons (Fsp3) is 0.833. The van der Waals surface area contributed by atoms with Crippen LogP contribution in [0, 0.1) is 34.5 Å². The van der Waals surface area contributed by atoms with Crippen LogP contribution in [0.1, 0.15) is 79.1 Å². The van der Waals surface area contributed by atoms with Gasteiger partial charge in [-0.3, -0.25) is 4.79 Å². The number of nitrogens with two attached hydrogens (primary N) is 1. The van der Waals surface area contributed by atoms with Crippen LogP contribution in [0.4, 0.5) is 0 Å². The molecule has 0 aromatic heterocycles. The van der Waals surface area contributed by atoms with Gasteiger partial charge in [0.05, 0.1) is 5.71 Å². The molecule has 0 saturated heterocycles. The van der Waals surface area contributed by atoms with Crippen molar-refractivity contribution in [2.75, 3.05) is 6.54 Å². The molecule has 4 aliphatic rings. The molecular formula is C24H38N2O2. The Balaban J connectivity index is 1.55. The maximum absolute atomic E-state index is 12.6. The predicted octanol–water partition coefficient (Wildman–Crippen LogP) is 4.87. The first-order chi connectivity index (χ1) is 13.1. The summed E-state index contributed by atoms with van der Waals surface area (Å²) in [7, 11) is 0. The minimum atomic E-state index is -0.411. The van der Waals surface area contributed by atoms with E-state index in [1.165, 1.54) is 17.7 Å². The lowest BCUT2D eigenvalue weighted by Crippen LogP contribution is -2.54. The number of carbonyl (C=O) groups excluding carboxylic acids is 1. The van der Waals surface area contributed by atoms with Crippen LogP contribution < -0.4 is 5.73 Å². The minimum absolute atomic E-state index is 0.0619. The second-order valence-electron chi connectivity index (χ2n) is 11.1. The summed E-state index contributed by atoms with van der Waals surface area (Å²) in [4.78, 5) is 18.4. The van der Waals surface area contributed by atoms with Crippen molar-refractivity contribution in [3.63, 3.8) is 0 Å². The van der Waals surface area contributed by atoms with Gasteiger partial charge in [-0.1, -0.05) is 31.2 Å². The highest BCUT2D eigenvalue weighted by atomic mass is 16.6. The van der Waals surface area contributed by atoms with Crippen LogP contribution in [-0.2, 0) is 9.63 Å². The molecule has 0 radical (unpaired) electrons. The summed E-state index contributed by atoms with van der Waals surface area (Å²) in [6, 6.07) is 0. The van der Waals surface area contributed by atoms with Crippen molar-refractivity contribution in [1.82, 2.24) is 0 Å². The zero-order chi connectivity index (χ0) is 20.3. The van der Waals surface area contributed by atoms with Crippen molar-refractivity contribution in [1.29, 1.82) is 0 Å². The molecule has 0 heterocycles. The van der Waals surface area contributed by atoms with Crippen LogP contribution in [0.3, 0.4) is 0 Å². The molecule has 4 heteroatoms. The monoisotopic (exact) mass is 386 g/mol. The Labute approximate surface area is 170 Å². The zero-order valence-corrected chi connectivity index (χ0v) is 18.2. The van der Waals surface area contributed by atoms with Crippen molar-refractivity contribution in [3.8, 4) is 0 Å². The molecule has 4 saturated carbocycles. The Bertz CT molecular complexity index is 711. The molecule has 28 heavy (non-hydrogen) atoms. The summed E-state index contributed by atoms with van der Waals surface area (Å²) in [5, 5.41) is 4.51. The lowest BCUT2D eigenvalue weighted by atomic mass is 9.44. The number of ketones is 1. The summed E-state index contributed by atoms with van der Waals surface area (Å²) in [5.74, 6) is 2.94. The molecule has 0 aromatic carbocycles. The molecule has 0 bridgehead atoms. The van der Waals surface area contributed by atoms with Crippen LogP contribution in [0.25, 0.3) is 0 Å². The summed E-state index contributed by atoms with van der Waals surface area (Å²) < 4.78 is 0. The number of oxime groups is 1. The number of allylic oxidation sites excluding steroid dienone is 1. The number of carbonyl (C=O) groups is 1. The Morgan fingerprint density at radius 3 is 2.64 bits per heavy atom. The molecule has 4 rings (SSSR count). The molecule has 4 nitrogen and oxygen atoms in total. The third kappa shape index (κ3) is 2.98. The van der Waals surface area contributed by atoms with E-state index in [1.807, 2.05) is 13.8 Å². The van der Waals surface area contributed by atoms with Gasteiger partial charge in [-0.2, -0.15) is 0 Å². The average molecular weight is 387 g/mol. The summed E-state index contributed by atoms with van der Waals surface area (Å²) in [6.07, 6.45) is 8.40. The van der Waals surface area contributed by atoms with Crippen molar-refractivity contribution >= 4 is 11.5 Å². The normalized spacial score (nSPS) is 44.8. The first kappa shape index (κ1) is 20.1. The number of hydrogen-bond acceptors (Lipinski definition) is 4. The lowest BCUT2D eigenvalue weighted by Gasteiger charge is -2.60. The van der Waals surface area contributed by atoms with Gasteiger partial charge in [0.2, 0.25) is 0 Å². The highest BCUT2D eigenvalue weighted by Crippen LogP contribution is 2.66. The van der Waals surface area contributed by atoms with Gasteiger partial charge >= 0.3 is 0 Å². The quantitative estimate of drug-likeness (QED) is 0.556. The summed E-state index contributed by atoms with van der Waals surface area (Å²) >= 11 is 0. The smallest absolute Gasteiger partial charge is 0.144 e. The van der Waals surface area contributed by atoms with Crippen molar-refractivity contribution < 1.29 is 9.63 Å². The lowest BCUT2D eigenvalue weighted by molar-refractivity contribution is -0.134. The maximum Gasteiger partial charge on any atom is 0.144 e. The van der Waals surface area contributed by atoms with Crippen molar-refractivity contribution in [2.24, 2.45) is 45.4 Å². The van der Waals surface area contributed by atoms with Gasteiger partial charge in [-0.05, 0) is 87.9 Å². The van der Waals surface area contributed by atoms with Gasteiger partial charge in [-0.25, -0.2) is 0 Å². The topological polar surface area (TPSA) is 64.7 Å². The van der Waals surface area contributed by atoms with Gasteiger partial charge in [0, 0.05) is 18.4 Å². The number of Topliss-reactive ketones (excluding diaryl/α,β-unsaturated/α-hetero) is 1. The molecule has 6 atom stereocenters. The average Bonchev–Trinajstić information content (AvgIpc) is 2.96. The van der Waals surface area contributed by atoms with E-state index in [9.17, 15) is 4.79 Å². The number of fused-ring (bicyclic) bond motifs is 5. The summed E-state index contributed by atoms with van der Waals surface area (Å²) in [6.45, 7) is 13.7. The van der Waals surface area contributed by atoms with Crippen molar-refractivity contribution in [2.45, 2.75) is 84.7 Å². The third-order valence-electron chi connectivity index (χ3n) is 9.09. The van der Waals surface area contributed by atoms with E-state index in [0.717, 1.165) is 50.9 Å². The van der Waals surface area contributed by atoms with Crippen LogP contribution in [0.2, 0.25) is 0 Å². The van der Waals surface area contributed by atoms with Gasteiger partial charge in [-0.15, -0.1) is 0 Å². The zero-order valence-electron chi connectivity index (χ0n) is 18.2. The predicted molar refractivity (Wildman–Crippen MR) is 113 cm³/mol. The molecular weight excluding hydrogens is 348 g/mol. The second-order valence-corrected chi connectivity index (χ2v) is 11.1. The molecule has 0 unspecified atom stereocenters. The first-order valence-corrected chi connectivity index (χ1v) is 11.3. The van der Waals surface area contributed by atoms with Crippen LogP contribution in [-0.4, -0.2) is 23.6 Å². The largest absolute Gasteiger partial charge is 0.389 e. The molecule has 0 aromatic rings. The second kappa shape index (κ2) is 6.68. The Kier molecular flexibility index (Phi) is 4.80. The summed E-state index contributed by atoms with van der Waals surface area (Å²) in [5.41, 5.74) is 8.14. The molecule has 4 aliphatic carbocycles. The third-order valence-corrected chi connectivity index (χ3v) is 9.09. The molecule has 0 spiro atoms. The van der Waals surface area contributed by atoms with E-state index in [-0.39, 0.29) is 10.8 Å². The van der Waals surface area contributed by atoms with Crippen molar-refractivity contribution in [3.05, 3.63) is 12.2 Å². The van der Waals surface area contributed by atoms with Crippen LogP contribution in [0.15, 0.2) is 17.3 Å². The SMILES string of the molecule is C=C1C[C@@H]2[C@H](CC[C@]3(C)C(=O)CC[C@@H]23)[C@@]2(C)CCC(=NOC(C)(C)CN)C[C@H]12. The fourth-order valence-electron chi connectivity index (χ4n) is 7.13. The standard InChI is InChI=1S/C24H38N2O2/c1-15-12-17-18-6-7-21(27)24(18,5)11-9-19(17)23(4)10-8-16(13-20(15)23)26-28-22(2,3)14-25/h17-20H,1,6-14,25H2,2-5H3/t17-,18-,19-,20+,23+,24-/m0/s1. The highest BCUT2D eigenvalue weighted by molar-refractivity contribution is 5.87. The van der Waals surface area contributed by atoms with E-state index in [4.69, 9.17) is 10.6 Å². The highest BCUT2D eigenvalue weighted by Gasteiger charge is 2.60. The molecule has 0 amide bonds. The Morgan fingerprint density at radius 1 is 1.18 bits per heavy atom. The minimum Gasteiger partial charge on any atom is -0.389 e. The fourth-order valence-corrected chi connectivity index (χ4v) is 7.13. The van der Waals surface area contributed by atoms with E-state index in [0.29, 0.717) is 30.1 Å². The van der Waals surface area contributed by atoms with Gasteiger partial charge in [0.15, 0.2) is 0 Å². The van der Waals surface area contributed by atoms with E-state index in [2.05, 4.69) is 25.6 Å². The molecule has 0 aliphatic heterocycles. The first-order valence-electron chi connectivity index (χ1n) is 11.3. The number of nitrogens with zero attached hydrogens (tertiary/aromatic N) is 1. The Morgan fingerprint density at radius 2 is 1.93 bits per heavy atom. The van der Waals surface area contributed by atoms with Gasteiger partial charge in [0.25, 0.3) is 0 Å². The number of rotatable bonds is 3. The molecule has 4 fully saturated rings. The Hall–Kier alpha value is -1.16.